The Morgan fingerprint density at radius 2 is 2.14 bits per heavy atom. The van der Waals surface area contributed by atoms with Gasteiger partial charge in [-0.15, -0.1) is 5.10 Å². The first-order valence-corrected chi connectivity index (χ1v) is 6.25. The van der Waals surface area contributed by atoms with Crippen LogP contribution in [0.4, 0.5) is 10.1 Å². The summed E-state index contributed by atoms with van der Waals surface area (Å²) in [5, 5.41) is 8.84. The van der Waals surface area contributed by atoms with Gasteiger partial charge in [0.25, 0.3) is 5.91 Å². The van der Waals surface area contributed by atoms with E-state index in [1.165, 1.54) is 13.0 Å². The molecule has 110 valence electrons. The predicted molar refractivity (Wildman–Crippen MR) is 73.4 cm³/mol. The minimum Gasteiger partial charge on any atom is -0.366 e. The van der Waals surface area contributed by atoms with Gasteiger partial charge in [0.1, 0.15) is 11.6 Å². The quantitative estimate of drug-likeness (QED) is 0.784. The maximum atomic E-state index is 13.7. The van der Waals surface area contributed by atoms with Crippen LogP contribution in [0.15, 0.2) is 12.1 Å². The molecule has 0 aliphatic heterocycles. The Hall–Kier alpha value is -2.77. The molecule has 2 amide bonds. The van der Waals surface area contributed by atoms with Gasteiger partial charge >= 0.3 is 0 Å². The van der Waals surface area contributed by atoms with Crippen LogP contribution in [0, 0.1) is 12.7 Å². The van der Waals surface area contributed by atoms with Gasteiger partial charge in [-0.1, -0.05) is 6.92 Å². The van der Waals surface area contributed by atoms with Crippen molar-refractivity contribution in [3.05, 3.63) is 40.7 Å². The van der Waals surface area contributed by atoms with Crippen molar-refractivity contribution >= 4 is 17.5 Å². The summed E-state index contributed by atoms with van der Waals surface area (Å²) in [5.41, 5.74) is 5.43. The van der Waals surface area contributed by atoms with Crippen LogP contribution in [-0.2, 0) is 6.42 Å². The van der Waals surface area contributed by atoms with Crippen LogP contribution >= 0.6 is 0 Å². The van der Waals surface area contributed by atoms with E-state index in [-0.39, 0.29) is 22.6 Å². The number of aromatic amines is 1. The van der Waals surface area contributed by atoms with Crippen molar-refractivity contribution in [3.8, 4) is 0 Å². The number of anilines is 1. The number of amides is 2. The number of nitrogens with one attached hydrogen (secondary N) is 2. The SMILES string of the molecule is CCc1nc(C(=O)Nc2cc(C(N)=O)cc(F)c2C)n[nH]1. The standard InChI is InChI=1S/C13H14FN5O2/c1-3-10-17-12(19-18-10)13(21)16-9-5-7(11(15)20)4-8(14)6(9)2/h4-5H,3H2,1-2H3,(H2,15,20)(H,16,21)(H,17,18,19). The second-order valence-electron chi connectivity index (χ2n) is 4.41. The molecule has 0 aliphatic carbocycles. The summed E-state index contributed by atoms with van der Waals surface area (Å²) in [6.07, 6.45) is 0.602. The Balaban J connectivity index is 2.30. The summed E-state index contributed by atoms with van der Waals surface area (Å²) < 4.78 is 13.7. The average Bonchev–Trinajstić information content (AvgIpc) is 2.92. The highest BCUT2D eigenvalue weighted by atomic mass is 19.1. The molecule has 8 heteroatoms. The number of hydrogen-bond acceptors (Lipinski definition) is 4. The molecular formula is C13H14FN5O2. The monoisotopic (exact) mass is 291 g/mol. The van der Waals surface area contributed by atoms with Gasteiger partial charge in [-0.05, 0) is 19.1 Å². The lowest BCUT2D eigenvalue weighted by atomic mass is 10.1. The number of primary amides is 1. The summed E-state index contributed by atoms with van der Waals surface area (Å²) in [6, 6.07) is 2.33. The normalized spacial score (nSPS) is 10.4. The Morgan fingerprint density at radius 3 is 2.71 bits per heavy atom. The zero-order valence-electron chi connectivity index (χ0n) is 11.5. The zero-order valence-corrected chi connectivity index (χ0v) is 11.5. The molecule has 0 aliphatic rings. The fourth-order valence-electron chi connectivity index (χ4n) is 1.68. The minimum atomic E-state index is -0.782. The van der Waals surface area contributed by atoms with E-state index in [9.17, 15) is 14.0 Å². The van der Waals surface area contributed by atoms with Gasteiger partial charge in [0.15, 0.2) is 0 Å². The molecule has 0 spiro atoms. The van der Waals surface area contributed by atoms with Crippen LogP contribution in [0.5, 0.6) is 0 Å². The van der Waals surface area contributed by atoms with Crippen LogP contribution in [0.1, 0.15) is 39.3 Å². The number of nitrogens with two attached hydrogens (primary N) is 1. The van der Waals surface area contributed by atoms with Crippen molar-refractivity contribution < 1.29 is 14.0 Å². The van der Waals surface area contributed by atoms with Gasteiger partial charge < -0.3 is 11.1 Å². The van der Waals surface area contributed by atoms with Crippen molar-refractivity contribution in [2.45, 2.75) is 20.3 Å². The fourth-order valence-corrected chi connectivity index (χ4v) is 1.68. The highest BCUT2D eigenvalue weighted by Gasteiger charge is 2.16. The Kier molecular flexibility index (Phi) is 3.97. The van der Waals surface area contributed by atoms with Crippen LogP contribution in [0.25, 0.3) is 0 Å². The molecular weight excluding hydrogens is 277 g/mol. The predicted octanol–water partition coefficient (Wildman–Crippen LogP) is 1.17. The van der Waals surface area contributed by atoms with E-state index in [1.807, 2.05) is 6.92 Å². The van der Waals surface area contributed by atoms with E-state index in [0.29, 0.717) is 12.2 Å². The molecule has 1 aromatic heterocycles. The summed E-state index contributed by atoms with van der Waals surface area (Å²) in [5.74, 6) is -1.51. The van der Waals surface area contributed by atoms with E-state index in [1.54, 1.807) is 0 Å². The summed E-state index contributed by atoms with van der Waals surface area (Å²) in [4.78, 5) is 27.1. The molecule has 0 atom stereocenters. The largest absolute Gasteiger partial charge is 0.366 e. The van der Waals surface area contributed by atoms with Gasteiger partial charge in [-0.25, -0.2) is 9.37 Å². The number of benzene rings is 1. The Bertz CT molecular complexity index is 711. The second-order valence-corrected chi connectivity index (χ2v) is 4.41. The molecule has 0 unspecified atom stereocenters. The van der Waals surface area contributed by atoms with Crippen LogP contribution in [-0.4, -0.2) is 27.0 Å². The number of carbonyl (C=O) groups is 2. The number of carbonyl (C=O) groups excluding carboxylic acids is 2. The molecule has 1 heterocycles. The Labute approximate surface area is 119 Å². The lowest BCUT2D eigenvalue weighted by Gasteiger charge is -2.09. The van der Waals surface area contributed by atoms with Crippen molar-refractivity contribution in [3.63, 3.8) is 0 Å². The van der Waals surface area contributed by atoms with Crippen LogP contribution in [0.3, 0.4) is 0 Å². The molecule has 21 heavy (non-hydrogen) atoms. The number of H-pyrrole nitrogens is 1. The highest BCUT2D eigenvalue weighted by Crippen LogP contribution is 2.21. The topological polar surface area (TPSA) is 114 Å². The van der Waals surface area contributed by atoms with Crippen molar-refractivity contribution in [1.82, 2.24) is 15.2 Å². The third-order valence-corrected chi connectivity index (χ3v) is 2.95. The average molecular weight is 291 g/mol. The third-order valence-electron chi connectivity index (χ3n) is 2.95. The van der Waals surface area contributed by atoms with Gasteiger partial charge in [-0.3, -0.25) is 14.7 Å². The molecule has 2 rings (SSSR count). The molecule has 0 radical (unpaired) electrons. The number of aromatic nitrogens is 3. The van der Waals surface area contributed by atoms with E-state index in [0.717, 1.165) is 6.07 Å². The van der Waals surface area contributed by atoms with E-state index < -0.39 is 17.6 Å². The lowest BCUT2D eigenvalue weighted by Crippen LogP contribution is -2.17. The fraction of sp³-hybridized carbons (Fsp3) is 0.231. The van der Waals surface area contributed by atoms with Crippen molar-refractivity contribution in [2.24, 2.45) is 5.73 Å². The summed E-state index contributed by atoms with van der Waals surface area (Å²) in [7, 11) is 0. The number of aryl methyl sites for hydroxylation is 1. The maximum absolute atomic E-state index is 13.7. The molecule has 0 fully saturated rings. The smallest absolute Gasteiger partial charge is 0.295 e. The van der Waals surface area contributed by atoms with Crippen molar-refractivity contribution in [2.75, 3.05) is 5.32 Å². The summed E-state index contributed by atoms with van der Waals surface area (Å²) >= 11 is 0. The second kappa shape index (κ2) is 5.70. The molecule has 2 aromatic rings. The van der Waals surface area contributed by atoms with E-state index >= 15 is 0 Å². The number of rotatable bonds is 4. The molecule has 1 aromatic carbocycles. The van der Waals surface area contributed by atoms with Crippen LogP contribution < -0.4 is 11.1 Å². The van der Waals surface area contributed by atoms with E-state index in [4.69, 9.17) is 5.73 Å². The first kappa shape index (κ1) is 14.6. The van der Waals surface area contributed by atoms with Crippen LogP contribution in [0.2, 0.25) is 0 Å². The summed E-state index contributed by atoms with van der Waals surface area (Å²) in [6.45, 7) is 3.34. The molecule has 4 N–H and O–H groups in total. The minimum absolute atomic E-state index is 0.0300. The van der Waals surface area contributed by atoms with Gasteiger partial charge in [-0.2, -0.15) is 0 Å². The molecule has 0 saturated carbocycles. The van der Waals surface area contributed by atoms with Gasteiger partial charge in [0.2, 0.25) is 11.7 Å². The molecule has 0 bridgehead atoms. The molecule has 0 saturated heterocycles. The van der Waals surface area contributed by atoms with Gasteiger partial charge in [0, 0.05) is 23.2 Å². The number of halogens is 1. The van der Waals surface area contributed by atoms with Gasteiger partial charge in [0.05, 0.1) is 0 Å². The number of nitrogens with zero attached hydrogens (tertiary/aromatic N) is 2. The highest BCUT2D eigenvalue weighted by molar-refractivity contribution is 6.03. The third kappa shape index (κ3) is 3.04. The molecule has 7 nitrogen and oxygen atoms in total. The van der Waals surface area contributed by atoms with E-state index in [2.05, 4.69) is 20.5 Å². The Morgan fingerprint density at radius 1 is 1.43 bits per heavy atom. The first-order chi connectivity index (χ1) is 9.92. The first-order valence-electron chi connectivity index (χ1n) is 6.25. The lowest BCUT2D eigenvalue weighted by molar-refractivity contribution is 0.0994. The maximum Gasteiger partial charge on any atom is 0.295 e. The number of hydrogen-bond donors (Lipinski definition) is 3. The van der Waals surface area contributed by atoms with Crippen molar-refractivity contribution in [1.29, 1.82) is 0 Å². The zero-order chi connectivity index (χ0) is 15.6.